The van der Waals surface area contributed by atoms with Gasteiger partial charge < -0.3 is 4.74 Å². The topological polar surface area (TPSA) is 85.6 Å². The van der Waals surface area contributed by atoms with Crippen LogP contribution in [0.4, 0.5) is 5.95 Å². The molecule has 8 heteroatoms. The van der Waals surface area contributed by atoms with E-state index in [2.05, 4.69) is 34.8 Å². The van der Waals surface area contributed by atoms with E-state index in [4.69, 9.17) is 4.74 Å². The van der Waals surface area contributed by atoms with Gasteiger partial charge in [-0.25, -0.2) is 8.42 Å². The van der Waals surface area contributed by atoms with Gasteiger partial charge in [-0.05, 0) is 50.4 Å². The Balaban J connectivity index is 1.61. The molecule has 0 bridgehead atoms. The fraction of sp³-hybridized carbons (Fsp3) is 0.579. The lowest BCUT2D eigenvalue weighted by molar-refractivity contribution is 0.200. The second-order valence-electron chi connectivity index (χ2n) is 7.88. The van der Waals surface area contributed by atoms with Crippen LogP contribution in [-0.4, -0.2) is 35.9 Å². The molecule has 0 saturated heterocycles. The minimum atomic E-state index is -3.41. The lowest BCUT2D eigenvalue weighted by Crippen LogP contribution is -2.23. The van der Waals surface area contributed by atoms with Crippen LogP contribution in [0, 0.1) is 11.8 Å². The highest BCUT2D eigenvalue weighted by atomic mass is 32.2. The van der Waals surface area contributed by atoms with Gasteiger partial charge in [0.1, 0.15) is 5.75 Å². The SMILES string of the molecule is CC1=CCC[C@H](COc2cc3nnc(NS(C)(=O)=O)n3cc2C2CC2)C1C. The molecule has 4 rings (SSSR count). The highest BCUT2D eigenvalue weighted by Gasteiger charge is 2.29. The van der Waals surface area contributed by atoms with Gasteiger partial charge in [0.2, 0.25) is 16.0 Å². The zero-order valence-corrected chi connectivity index (χ0v) is 16.8. The molecule has 1 saturated carbocycles. The van der Waals surface area contributed by atoms with Gasteiger partial charge >= 0.3 is 0 Å². The summed E-state index contributed by atoms with van der Waals surface area (Å²) in [6, 6.07) is 1.88. The third-order valence-corrected chi connectivity index (χ3v) is 6.26. The molecule has 1 unspecified atom stereocenters. The van der Waals surface area contributed by atoms with E-state index in [-0.39, 0.29) is 5.95 Å². The van der Waals surface area contributed by atoms with Crippen LogP contribution < -0.4 is 9.46 Å². The van der Waals surface area contributed by atoms with Crippen molar-refractivity contribution < 1.29 is 13.2 Å². The van der Waals surface area contributed by atoms with E-state index in [0.29, 0.717) is 30.0 Å². The molecule has 0 aliphatic heterocycles. The van der Waals surface area contributed by atoms with Crippen molar-refractivity contribution in [3.8, 4) is 5.75 Å². The molecule has 1 N–H and O–H groups in total. The number of nitrogens with zero attached hydrogens (tertiary/aromatic N) is 3. The first-order chi connectivity index (χ1) is 12.8. The Morgan fingerprint density at radius 2 is 2.07 bits per heavy atom. The Bertz CT molecular complexity index is 992. The van der Waals surface area contributed by atoms with Gasteiger partial charge in [-0.3, -0.25) is 9.12 Å². The Kier molecular flexibility index (Phi) is 4.61. The maximum atomic E-state index is 11.6. The summed E-state index contributed by atoms with van der Waals surface area (Å²) < 4.78 is 33.5. The molecule has 2 atom stereocenters. The molecule has 1 fully saturated rings. The number of rotatable bonds is 6. The summed E-state index contributed by atoms with van der Waals surface area (Å²) in [5.74, 6) is 2.57. The average Bonchev–Trinajstić information content (AvgIpc) is 3.38. The maximum absolute atomic E-state index is 11.6. The van der Waals surface area contributed by atoms with Gasteiger partial charge in [-0.1, -0.05) is 18.6 Å². The van der Waals surface area contributed by atoms with Crippen molar-refractivity contribution in [2.24, 2.45) is 11.8 Å². The van der Waals surface area contributed by atoms with Crippen LogP contribution in [0.2, 0.25) is 0 Å². The van der Waals surface area contributed by atoms with E-state index in [0.717, 1.165) is 43.3 Å². The van der Waals surface area contributed by atoms with Crippen LogP contribution in [0.25, 0.3) is 5.65 Å². The zero-order chi connectivity index (χ0) is 19.2. The fourth-order valence-electron chi connectivity index (χ4n) is 3.75. The minimum absolute atomic E-state index is 0.211. The second kappa shape index (κ2) is 6.82. The number of hydrogen-bond acceptors (Lipinski definition) is 5. The van der Waals surface area contributed by atoms with Crippen LogP contribution in [0.5, 0.6) is 5.75 Å². The Labute approximate surface area is 159 Å². The summed E-state index contributed by atoms with van der Waals surface area (Å²) in [6.45, 7) is 5.15. The van der Waals surface area contributed by atoms with Crippen LogP contribution in [0.15, 0.2) is 23.9 Å². The van der Waals surface area contributed by atoms with E-state index in [9.17, 15) is 8.42 Å². The Morgan fingerprint density at radius 3 is 2.78 bits per heavy atom. The number of anilines is 1. The Hall–Kier alpha value is -2.09. The molecule has 7 nitrogen and oxygen atoms in total. The van der Waals surface area contributed by atoms with Crippen molar-refractivity contribution in [3.63, 3.8) is 0 Å². The molecule has 0 radical (unpaired) electrons. The molecule has 27 heavy (non-hydrogen) atoms. The smallest absolute Gasteiger partial charge is 0.242 e. The van der Waals surface area contributed by atoms with Crippen molar-refractivity contribution in [1.29, 1.82) is 0 Å². The van der Waals surface area contributed by atoms with Gasteiger partial charge in [0, 0.05) is 17.8 Å². The summed E-state index contributed by atoms with van der Waals surface area (Å²) >= 11 is 0. The standard InChI is InChI=1S/C19H26N4O3S/c1-12-5-4-6-15(13(12)2)11-26-17-9-18-20-21-19(22-27(3,24)25)23(18)10-16(17)14-7-8-14/h5,9-10,13-15H,4,6-8,11H2,1-3H3,(H,21,22)/t13?,15-/m1/s1. The van der Waals surface area contributed by atoms with Crippen molar-refractivity contribution in [3.05, 3.63) is 29.5 Å². The summed E-state index contributed by atoms with van der Waals surface area (Å²) in [5.41, 5.74) is 3.13. The monoisotopic (exact) mass is 390 g/mol. The van der Waals surface area contributed by atoms with Crippen molar-refractivity contribution in [1.82, 2.24) is 14.6 Å². The van der Waals surface area contributed by atoms with Crippen molar-refractivity contribution in [2.45, 2.75) is 45.4 Å². The first-order valence-corrected chi connectivity index (χ1v) is 11.4. The molecule has 2 aliphatic rings. The normalized spacial score (nSPS) is 23.3. The molecule has 0 amide bonds. The molecule has 0 spiro atoms. The first kappa shape index (κ1) is 18.3. The maximum Gasteiger partial charge on any atom is 0.242 e. The molecule has 0 aromatic carbocycles. The highest BCUT2D eigenvalue weighted by molar-refractivity contribution is 7.91. The van der Waals surface area contributed by atoms with Crippen molar-refractivity contribution in [2.75, 3.05) is 17.6 Å². The van der Waals surface area contributed by atoms with Crippen LogP contribution >= 0.6 is 0 Å². The second-order valence-corrected chi connectivity index (χ2v) is 9.63. The largest absolute Gasteiger partial charge is 0.493 e. The van der Waals surface area contributed by atoms with Gasteiger partial charge in [-0.15, -0.1) is 10.2 Å². The summed E-state index contributed by atoms with van der Waals surface area (Å²) in [5, 5.41) is 8.08. The van der Waals surface area contributed by atoms with Crippen LogP contribution in [0.3, 0.4) is 0 Å². The highest BCUT2D eigenvalue weighted by Crippen LogP contribution is 2.45. The number of allylic oxidation sites excluding steroid dienone is 2. The molecule has 2 heterocycles. The van der Waals surface area contributed by atoms with E-state index < -0.39 is 10.0 Å². The molecule has 146 valence electrons. The summed E-state index contributed by atoms with van der Waals surface area (Å²) in [6.07, 6.45) is 9.87. The fourth-order valence-corrected chi connectivity index (χ4v) is 4.22. The molecule has 2 aromatic rings. The number of fused-ring (bicyclic) bond motifs is 1. The lowest BCUT2D eigenvalue weighted by atomic mass is 9.81. The summed E-state index contributed by atoms with van der Waals surface area (Å²) in [4.78, 5) is 0. The predicted octanol–water partition coefficient (Wildman–Crippen LogP) is 3.35. The van der Waals surface area contributed by atoms with Gasteiger partial charge in [0.05, 0.1) is 12.9 Å². The number of pyridine rings is 1. The third-order valence-electron chi connectivity index (χ3n) is 5.71. The third kappa shape index (κ3) is 3.95. The lowest BCUT2D eigenvalue weighted by Gasteiger charge is -2.28. The quantitative estimate of drug-likeness (QED) is 0.765. The summed E-state index contributed by atoms with van der Waals surface area (Å²) in [7, 11) is -3.41. The van der Waals surface area contributed by atoms with E-state index in [1.165, 1.54) is 5.57 Å². The number of nitrogens with one attached hydrogen (secondary N) is 1. The van der Waals surface area contributed by atoms with Gasteiger partial charge in [0.25, 0.3) is 0 Å². The zero-order valence-electron chi connectivity index (χ0n) is 16.0. The first-order valence-electron chi connectivity index (χ1n) is 9.48. The Morgan fingerprint density at radius 1 is 1.30 bits per heavy atom. The van der Waals surface area contributed by atoms with E-state index in [1.54, 1.807) is 4.40 Å². The van der Waals surface area contributed by atoms with Crippen LogP contribution in [0.1, 0.15) is 51.0 Å². The van der Waals surface area contributed by atoms with Gasteiger partial charge in [-0.2, -0.15) is 0 Å². The molecule has 2 aliphatic carbocycles. The molecule has 2 aromatic heterocycles. The minimum Gasteiger partial charge on any atom is -0.493 e. The number of aromatic nitrogens is 3. The molecular weight excluding hydrogens is 364 g/mol. The number of hydrogen-bond donors (Lipinski definition) is 1. The van der Waals surface area contributed by atoms with Gasteiger partial charge in [0.15, 0.2) is 5.65 Å². The predicted molar refractivity (Wildman–Crippen MR) is 105 cm³/mol. The van der Waals surface area contributed by atoms with E-state index in [1.807, 2.05) is 12.3 Å². The van der Waals surface area contributed by atoms with Crippen molar-refractivity contribution >= 4 is 21.6 Å². The number of sulfonamides is 1. The molecular formula is C19H26N4O3S. The number of ether oxygens (including phenoxy) is 1. The average molecular weight is 391 g/mol. The van der Waals surface area contributed by atoms with E-state index >= 15 is 0 Å². The van der Waals surface area contributed by atoms with Crippen LogP contribution in [-0.2, 0) is 10.0 Å².